The SMILES string of the molecule is C1=CC(c2ccccccc(C3C=CC=C3)cccccc2)C=C1. The maximum Gasteiger partial charge on any atom is 0.0204 e. The van der Waals surface area contributed by atoms with Crippen LogP contribution in [-0.4, -0.2) is 0 Å². The summed E-state index contributed by atoms with van der Waals surface area (Å²) in [5, 5.41) is 0. The first kappa shape index (κ1) is 16.0. The second-order valence-electron chi connectivity index (χ2n) is 5.80. The fourth-order valence-electron chi connectivity index (χ4n) is 2.79. The highest BCUT2D eigenvalue weighted by molar-refractivity contribution is 5.34. The summed E-state index contributed by atoms with van der Waals surface area (Å²) in [7, 11) is 0. The monoisotopic (exact) mass is 310 g/mol. The summed E-state index contributed by atoms with van der Waals surface area (Å²) in [4.78, 5) is 0. The minimum absolute atomic E-state index is 0.374. The van der Waals surface area contributed by atoms with Crippen LogP contribution in [0.2, 0.25) is 0 Å². The van der Waals surface area contributed by atoms with Crippen LogP contribution in [0.5, 0.6) is 0 Å². The lowest BCUT2D eigenvalue weighted by atomic mass is 10.0. The molecule has 2 aliphatic carbocycles. The second kappa shape index (κ2) is 8.69. The molecule has 0 radical (unpaired) electrons. The zero-order valence-electron chi connectivity index (χ0n) is 13.7. The third-order valence-corrected chi connectivity index (χ3v) is 4.09. The minimum Gasteiger partial charge on any atom is -0.0732 e. The maximum atomic E-state index is 2.21. The van der Waals surface area contributed by atoms with Crippen molar-refractivity contribution in [3.8, 4) is 0 Å². The van der Waals surface area contributed by atoms with E-state index in [4.69, 9.17) is 0 Å². The zero-order valence-corrected chi connectivity index (χ0v) is 13.7. The first-order chi connectivity index (χ1) is 11.9. The van der Waals surface area contributed by atoms with Crippen LogP contribution >= 0.6 is 0 Å². The Morgan fingerprint density at radius 3 is 0.958 bits per heavy atom. The normalized spacial score (nSPS) is 15.3. The zero-order chi connectivity index (χ0) is 16.5. The Balaban J connectivity index is 1.96. The molecule has 0 heteroatoms. The summed E-state index contributed by atoms with van der Waals surface area (Å²) < 4.78 is 0. The Morgan fingerprint density at radius 2 is 0.667 bits per heavy atom. The van der Waals surface area contributed by atoms with E-state index in [1.165, 1.54) is 11.1 Å². The largest absolute Gasteiger partial charge is 0.0732 e. The highest BCUT2D eigenvalue weighted by Gasteiger charge is 2.04. The number of rotatable bonds is 2. The fraction of sp³-hybridized carbons (Fsp3) is 0.0833. The molecule has 2 aliphatic rings. The van der Waals surface area contributed by atoms with E-state index in [1.54, 1.807) is 0 Å². The van der Waals surface area contributed by atoms with Crippen molar-refractivity contribution in [3.63, 3.8) is 0 Å². The average molecular weight is 310 g/mol. The van der Waals surface area contributed by atoms with Crippen molar-refractivity contribution >= 4 is 0 Å². The summed E-state index contributed by atoms with van der Waals surface area (Å²) in [5.74, 6) is 0.748. The van der Waals surface area contributed by atoms with Crippen molar-refractivity contribution in [2.75, 3.05) is 0 Å². The molecule has 0 aliphatic heterocycles. The van der Waals surface area contributed by atoms with Crippen molar-refractivity contribution < 1.29 is 0 Å². The lowest BCUT2D eigenvalue weighted by Gasteiger charge is -2.02. The van der Waals surface area contributed by atoms with Gasteiger partial charge in [0.05, 0.1) is 0 Å². The standard InChI is InChI=1S/C24H22/c1-2-6-14-22(24-19-11-12-20-24)16-8-4-3-7-15-21(13-5-1)23-17-9-10-18-23/h1-20,23-24H. The summed E-state index contributed by atoms with van der Waals surface area (Å²) in [5.41, 5.74) is 2.57. The summed E-state index contributed by atoms with van der Waals surface area (Å²) >= 11 is 0. The van der Waals surface area contributed by atoms with Gasteiger partial charge in [-0.05, 0) is 11.1 Å². The summed E-state index contributed by atoms with van der Waals surface area (Å²) in [6, 6.07) is 25.4. The van der Waals surface area contributed by atoms with Gasteiger partial charge in [-0.2, -0.15) is 0 Å². The van der Waals surface area contributed by atoms with Crippen LogP contribution in [0, 0.1) is 0 Å². The van der Waals surface area contributed by atoms with Gasteiger partial charge in [-0.15, -0.1) is 0 Å². The van der Waals surface area contributed by atoms with E-state index in [2.05, 4.69) is 121 Å². The quantitative estimate of drug-likeness (QED) is 0.596. The van der Waals surface area contributed by atoms with Gasteiger partial charge >= 0.3 is 0 Å². The molecule has 0 spiro atoms. The lowest BCUT2D eigenvalue weighted by molar-refractivity contribution is 1.11. The average Bonchev–Trinajstić information content (AvgIpc) is 3.30. The molecule has 0 bridgehead atoms. The molecule has 0 atom stereocenters. The third-order valence-electron chi connectivity index (χ3n) is 4.09. The molecule has 0 nitrogen and oxygen atoms in total. The van der Waals surface area contributed by atoms with Gasteiger partial charge in [-0.3, -0.25) is 0 Å². The van der Waals surface area contributed by atoms with Crippen molar-refractivity contribution in [3.05, 3.63) is 133 Å². The first-order valence-corrected chi connectivity index (χ1v) is 8.40. The van der Waals surface area contributed by atoms with Crippen LogP contribution in [0.4, 0.5) is 0 Å². The van der Waals surface area contributed by atoms with Crippen LogP contribution < -0.4 is 0 Å². The first-order valence-electron chi connectivity index (χ1n) is 8.40. The number of hydrogen-bond donors (Lipinski definition) is 0. The van der Waals surface area contributed by atoms with E-state index < -0.39 is 0 Å². The van der Waals surface area contributed by atoms with Crippen molar-refractivity contribution in [2.45, 2.75) is 11.8 Å². The molecule has 0 unspecified atom stereocenters. The van der Waals surface area contributed by atoms with Gasteiger partial charge in [0.1, 0.15) is 0 Å². The Bertz CT molecular complexity index is 660. The highest BCUT2D eigenvalue weighted by Crippen LogP contribution is 2.22. The smallest absolute Gasteiger partial charge is 0.0204 e. The van der Waals surface area contributed by atoms with Gasteiger partial charge in [-0.1, -0.05) is 121 Å². The van der Waals surface area contributed by atoms with Crippen molar-refractivity contribution in [1.82, 2.24) is 0 Å². The van der Waals surface area contributed by atoms with E-state index in [0.29, 0.717) is 11.8 Å². The van der Waals surface area contributed by atoms with Crippen molar-refractivity contribution in [2.24, 2.45) is 0 Å². The fourth-order valence-corrected chi connectivity index (χ4v) is 2.79. The third kappa shape index (κ3) is 4.57. The molecule has 0 heterocycles. The van der Waals surface area contributed by atoms with Gasteiger partial charge in [0.2, 0.25) is 0 Å². The lowest BCUT2D eigenvalue weighted by Crippen LogP contribution is -1.85. The van der Waals surface area contributed by atoms with E-state index in [9.17, 15) is 0 Å². The molecule has 3 rings (SSSR count). The predicted molar refractivity (Wildman–Crippen MR) is 104 cm³/mol. The van der Waals surface area contributed by atoms with Crippen LogP contribution in [0.25, 0.3) is 0 Å². The van der Waals surface area contributed by atoms with Gasteiger partial charge < -0.3 is 0 Å². The molecule has 118 valence electrons. The van der Waals surface area contributed by atoms with Gasteiger partial charge in [-0.25, -0.2) is 0 Å². The molecule has 0 aromatic heterocycles. The Kier molecular flexibility index (Phi) is 5.80. The Morgan fingerprint density at radius 1 is 0.375 bits per heavy atom. The van der Waals surface area contributed by atoms with E-state index in [-0.39, 0.29) is 0 Å². The van der Waals surface area contributed by atoms with E-state index >= 15 is 0 Å². The molecule has 1 aromatic carbocycles. The Labute approximate surface area is 144 Å². The molecule has 0 N–H and O–H groups in total. The van der Waals surface area contributed by atoms with Crippen LogP contribution in [0.15, 0.2) is 121 Å². The Hall–Kier alpha value is -2.86. The van der Waals surface area contributed by atoms with Crippen LogP contribution in [0.3, 0.4) is 0 Å². The molecule has 1 aromatic rings. The molecule has 0 saturated carbocycles. The van der Waals surface area contributed by atoms with Crippen LogP contribution in [0.1, 0.15) is 23.0 Å². The van der Waals surface area contributed by atoms with Crippen molar-refractivity contribution in [1.29, 1.82) is 0 Å². The van der Waals surface area contributed by atoms with E-state index in [1.807, 2.05) is 0 Å². The summed E-state index contributed by atoms with van der Waals surface area (Å²) in [6.07, 6.45) is 17.3. The molecule has 0 saturated heterocycles. The van der Waals surface area contributed by atoms with Gasteiger partial charge in [0.25, 0.3) is 0 Å². The van der Waals surface area contributed by atoms with Gasteiger partial charge in [0, 0.05) is 11.8 Å². The topological polar surface area (TPSA) is 0 Å². The molecule has 0 fully saturated rings. The molecule has 24 heavy (non-hydrogen) atoms. The predicted octanol–water partition coefficient (Wildman–Crippen LogP) is 6.35. The minimum atomic E-state index is 0.374. The highest BCUT2D eigenvalue weighted by atomic mass is 14.1. The second-order valence-corrected chi connectivity index (χ2v) is 5.80. The van der Waals surface area contributed by atoms with Gasteiger partial charge in [0.15, 0.2) is 0 Å². The van der Waals surface area contributed by atoms with E-state index in [0.717, 1.165) is 0 Å². The van der Waals surface area contributed by atoms with Crippen LogP contribution in [-0.2, 0) is 0 Å². The summed E-state index contributed by atoms with van der Waals surface area (Å²) in [6.45, 7) is 0. The number of allylic oxidation sites excluding steroid dienone is 8. The molecular formula is C24H22. The molecular weight excluding hydrogens is 288 g/mol. The maximum absolute atomic E-state index is 2.21. The number of hydrogen-bond acceptors (Lipinski definition) is 0. The molecule has 0 amide bonds.